The summed E-state index contributed by atoms with van der Waals surface area (Å²) in [5.74, 6) is 0.506. The smallest absolute Gasteiger partial charge is 0.338 e. The Balaban J connectivity index is 1.95. The summed E-state index contributed by atoms with van der Waals surface area (Å²) in [6.07, 6.45) is 3.22. The van der Waals surface area contributed by atoms with Crippen LogP contribution >= 0.6 is 22.9 Å². The van der Waals surface area contributed by atoms with Crippen LogP contribution in [0.1, 0.15) is 24.1 Å². The van der Waals surface area contributed by atoms with Gasteiger partial charge >= 0.3 is 5.97 Å². The van der Waals surface area contributed by atoms with E-state index in [0.717, 1.165) is 0 Å². The number of methoxy groups -OCH3 is 2. The molecule has 35 heavy (non-hydrogen) atoms. The summed E-state index contributed by atoms with van der Waals surface area (Å²) >= 11 is 7.33. The highest BCUT2D eigenvalue weighted by atomic mass is 35.5. The number of rotatable bonds is 7. The Labute approximate surface area is 210 Å². The van der Waals surface area contributed by atoms with Gasteiger partial charge in [0.1, 0.15) is 6.61 Å². The van der Waals surface area contributed by atoms with Crippen LogP contribution in [0.5, 0.6) is 11.5 Å². The highest BCUT2D eigenvalue weighted by Crippen LogP contribution is 2.32. The second kappa shape index (κ2) is 10.3. The molecule has 180 valence electrons. The average molecular weight is 511 g/mol. The zero-order chi connectivity index (χ0) is 25.1. The van der Waals surface area contributed by atoms with E-state index in [9.17, 15) is 9.59 Å². The predicted octanol–water partition coefficient (Wildman–Crippen LogP) is 3.64. The van der Waals surface area contributed by atoms with Crippen LogP contribution in [0.4, 0.5) is 0 Å². The van der Waals surface area contributed by atoms with Crippen molar-refractivity contribution >= 4 is 35.0 Å². The zero-order valence-corrected chi connectivity index (χ0v) is 21.0. The Bertz CT molecular complexity index is 1500. The van der Waals surface area contributed by atoms with E-state index in [2.05, 4.69) is 11.6 Å². The minimum Gasteiger partial charge on any atom is -0.493 e. The van der Waals surface area contributed by atoms with Gasteiger partial charge in [0, 0.05) is 10.6 Å². The molecule has 0 N–H and O–H groups in total. The number of ether oxygens (including phenoxy) is 3. The van der Waals surface area contributed by atoms with E-state index in [1.807, 2.05) is 12.1 Å². The van der Waals surface area contributed by atoms with Crippen molar-refractivity contribution in [3.8, 4) is 11.5 Å². The van der Waals surface area contributed by atoms with E-state index in [1.54, 1.807) is 57.6 Å². The fourth-order valence-electron chi connectivity index (χ4n) is 3.92. The average Bonchev–Trinajstić information content (AvgIpc) is 3.16. The molecule has 0 spiro atoms. The first-order valence-electron chi connectivity index (χ1n) is 10.7. The summed E-state index contributed by atoms with van der Waals surface area (Å²) in [6.45, 7) is 5.37. The van der Waals surface area contributed by atoms with Gasteiger partial charge in [0.25, 0.3) is 5.56 Å². The van der Waals surface area contributed by atoms with Crippen molar-refractivity contribution in [3.63, 3.8) is 0 Å². The number of carbonyl (C=O) groups is 1. The Kier molecular flexibility index (Phi) is 7.23. The van der Waals surface area contributed by atoms with Gasteiger partial charge in [-0.3, -0.25) is 9.36 Å². The molecule has 0 fully saturated rings. The highest BCUT2D eigenvalue weighted by Gasteiger charge is 2.33. The number of halogens is 1. The molecule has 0 radical (unpaired) electrons. The lowest BCUT2D eigenvalue weighted by molar-refractivity contribution is -0.138. The van der Waals surface area contributed by atoms with Crippen molar-refractivity contribution in [2.45, 2.75) is 13.0 Å². The maximum absolute atomic E-state index is 13.7. The van der Waals surface area contributed by atoms with Gasteiger partial charge in [-0.05, 0) is 36.8 Å². The fraction of sp³-hybridized carbons (Fsp3) is 0.192. The van der Waals surface area contributed by atoms with Gasteiger partial charge in [-0.15, -0.1) is 0 Å². The molecule has 4 rings (SSSR count). The van der Waals surface area contributed by atoms with E-state index in [0.29, 0.717) is 42.7 Å². The van der Waals surface area contributed by atoms with Crippen molar-refractivity contribution in [1.29, 1.82) is 0 Å². The fourth-order valence-corrected chi connectivity index (χ4v) is 5.09. The monoisotopic (exact) mass is 510 g/mol. The van der Waals surface area contributed by atoms with Crippen LogP contribution in [0.25, 0.3) is 6.08 Å². The Hall–Kier alpha value is -3.62. The lowest BCUT2D eigenvalue weighted by Gasteiger charge is -2.24. The van der Waals surface area contributed by atoms with E-state index in [-0.39, 0.29) is 17.7 Å². The topological polar surface area (TPSA) is 79.1 Å². The summed E-state index contributed by atoms with van der Waals surface area (Å²) in [6, 6.07) is 11.7. The molecule has 3 aromatic rings. The minimum absolute atomic E-state index is 0.0446. The lowest BCUT2D eigenvalue weighted by atomic mass is 9.96. The lowest BCUT2D eigenvalue weighted by Crippen LogP contribution is -2.39. The number of nitrogens with zero attached hydrogens (tertiary/aromatic N) is 2. The maximum Gasteiger partial charge on any atom is 0.338 e. The molecular formula is C26H23ClN2O5S. The van der Waals surface area contributed by atoms with E-state index in [1.165, 1.54) is 22.0 Å². The van der Waals surface area contributed by atoms with Gasteiger partial charge in [0.05, 0.1) is 36.1 Å². The first-order chi connectivity index (χ1) is 16.9. The number of para-hydroxylation sites is 1. The third-order valence-electron chi connectivity index (χ3n) is 5.48. The van der Waals surface area contributed by atoms with E-state index < -0.39 is 12.0 Å². The maximum atomic E-state index is 13.7. The summed E-state index contributed by atoms with van der Waals surface area (Å²) in [5, 5.41) is 0.544. The Morgan fingerprint density at radius 1 is 1.20 bits per heavy atom. The highest BCUT2D eigenvalue weighted by molar-refractivity contribution is 7.07. The molecule has 1 aromatic heterocycles. The van der Waals surface area contributed by atoms with Crippen molar-refractivity contribution in [3.05, 3.63) is 102 Å². The number of carbonyl (C=O) groups excluding carboxylic acids is 1. The summed E-state index contributed by atoms with van der Waals surface area (Å²) in [5.41, 5.74) is 1.86. The summed E-state index contributed by atoms with van der Waals surface area (Å²) in [4.78, 5) is 31.8. The van der Waals surface area contributed by atoms with Gasteiger partial charge in [0.2, 0.25) is 0 Å². The Morgan fingerprint density at radius 3 is 2.60 bits per heavy atom. The summed E-state index contributed by atoms with van der Waals surface area (Å²) in [7, 11) is 3.10. The largest absolute Gasteiger partial charge is 0.493 e. The number of thiazole rings is 1. The molecule has 0 bridgehead atoms. The predicted molar refractivity (Wildman–Crippen MR) is 136 cm³/mol. The standard InChI is InChI=1S/C26H23ClN2O5S/c1-5-13-34-25(31)21-15(2)28-26-29(22(21)16-9-11-18(27)12-10-16)24(30)20(35-26)14-17-7-6-8-19(32-3)23(17)33-4/h5-12,14,22H,1,13H2,2-4H3. The Morgan fingerprint density at radius 2 is 1.94 bits per heavy atom. The molecule has 2 heterocycles. The van der Waals surface area contributed by atoms with Crippen LogP contribution in [0.15, 0.2) is 76.2 Å². The number of aromatic nitrogens is 1. The number of allylic oxidation sites excluding steroid dienone is 1. The molecule has 1 aliphatic heterocycles. The second-order valence-electron chi connectivity index (χ2n) is 7.60. The molecule has 1 aliphatic rings. The first-order valence-corrected chi connectivity index (χ1v) is 11.9. The van der Waals surface area contributed by atoms with Crippen LogP contribution in [-0.2, 0) is 9.53 Å². The van der Waals surface area contributed by atoms with Crippen LogP contribution in [-0.4, -0.2) is 31.4 Å². The van der Waals surface area contributed by atoms with Gasteiger partial charge in [-0.1, -0.05) is 59.9 Å². The number of hydrogen-bond donors (Lipinski definition) is 0. The molecule has 0 saturated carbocycles. The van der Waals surface area contributed by atoms with E-state index >= 15 is 0 Å². The van der Waals surface area contributed by atoms with Crippen molar-refractivity contribution in [2.24, 2.45) is 4.99 Å². The minimum atomic E-state index is -0.727. The molecule has 0 aliphatic carbocycles. The first kappa shape index (κ1) is 24.5. The number of fused-ring (bicyclic) bond motifs is 1. The molecule has 1 unspecified atom stereocenters. The van der Waals surface area contributed by atoms with Crippen molar-refractivity contribution in [1.82, 2.24) is 4.57 Å². The number of benzene rings is 2. The molecular weight excluding hydrogens is 488 g/mol. The van der Waals surface area contributed by atoms with Gasteiger partial charge < -0.3 is 14.2 Å². The van der Waals surface area contributed by atoms with Gasteiger partial charge in [-0.2, -0.15) is 0 Å². The summed E-state index contributed by atoms with van der Waals surface area (Å²) < 4.78 is 18.2. The third-order valence-corrected chi connectivity index (χ3v) is 6.71. The van der Waals surface area contributed by atoms with E-state index in [4.69, 9.17) is 25.8 Å². The van der Waals surface area contributed by atoms with Crippen molar-refractivity contribution in [2.75, 3.05) is 20.8 Å². The zero-order valence-electron chi connectivity index (χ0n) is 19.4. The second-order valence-corrected chi connectivity index (χ2v) is 9.05. The van der Waals surface area contributed by atoms with Gasteiger partial charge in [0.15, 0.2) is 16.3 Å². The quantitative estimate of drug-likeness (QED) is 0.358. The van der Waals surface area contributed by atoms with Crippen LogP contribution in [0.2, 0.25) is 5.02 Å². The van der Waals surface area contributed by atoms with Crippen LogP contribution in [0, 0.1) is 0 Å². The molecule has 9 heteroatoms. The molecule has 2 aromatic carbocycles. The third kappa shape index (κ3) is 4.67. The molecule has 7 nitrogen and oxygen atoms in total. The number of esters is 1. The van der Waals surface area contributed by atoms with Crippen LogP contribution < -0.4 is 24.4 Å². The van der Waals surface area contributed by atoms with Crippen molar-refractivity contribution < 1.29 is 19.0 Å². The normalized spacial score (nSPS) is 15.3. The molecule has 1 atom stereocenters. The number of hydrogen-bond acceptors (Lipinski definition) is 7. The molecule has 0 amide bonds. The van der Waals surface area contributed by atoms with Crippen LogP contribution in [0.3, 0.4) is 0 Å². The molecule has 0 saturated heterocycles. The SMILES string of the molecule is C=CCOC(=O)C1=C(C)N=c2sc(=Cc3cccc(OC)c3OC)c(=O)n2C1c1ccc(Cl)cc1. The van der Waals surface area contributed by atoms with Gasteiger partial charge in [-0.25, -0.2) is 9.79 Å².